The summed E-state index contributed by atoms with van der Waals surface area (Å²) in [6.07, 6.45) is 2.62. The fraction of sp³-hybridized carbons (Fsp3) is 0.111. The second-order valence-electron chi connectivity index (χ2n) is 4.94. The average Bonchev–Trinajstić information content (AvgIpc) is 2.61. The molecule has 0 radical (unpaired) electrons. The number of nitrogens with zero attached hydrogens (tertiary/aromatic N) is 1. The van der Waals surface area contributed by atoms with Crippen LogP contribution in [0.15, 0.2) is 59.5 Å². The smallest absolute Gasteiger partial charge is 0.264 e. The van der Waals surface area contributed by atoms with Crippen LogP contribution in [0.25, 0.3) is 6.08 Å². The van der Waals surface area contributed by atoms with Gasteiger partial charge in [-0.15, -0.1) is 0 Å². The zero-order valence-electron chi connectivity index (χ0n) is 13.5. The maximum absolute atomic E-state index is 12.1. The molecule has 6 nitrogen and oxygen atoms in total. The lowest BCUT2D eigenvalue weighted by Gasteiger charge is -2.05. The van der Waals surface area contributed by atoms with Crippen LogP contribution in [0.4, 0.5) is 0 Å². The Morgan fingerprint density at radius 2 is 1.96 bits per heavy atom. The van der Waals surface area contributed by atoms with Gasteiger partial charge in [0.05, 0.1) is 23.1 Å². The van der Waals surface area contributed by atoms with Crippen molar-refractivity contribution in [2.75, 3.05) is 6.61 Å². The van der Waals surface area contributed by atoms with E-state index in [0.29, 0.717) is 12.4 Å². The number of carbonyl (C=O) groups excluding carboxylic acids is 1. The Kier molecular flexibility index (Phi) is 5.93. The number of ether oxygens (including phenoxy) is 1. The highest BCUT2D eigenvalue weighted by atomic mass is 32.2. The van der Waals surface area contributed by atoms with Gasteiger partial charge in [-0.05, 0) is 48.9 Å². The minimum Gasteiger partial charge on any atom is -0.494 e. The van der Waals surface area contributed by atoms with E-state index in [1.807, 2.05) is 17.7 Å². The first-order chi connectivity index (χ1) is 11.9. The average molecular weight is 356 g/mol. The Bertz CT molecular complexity index is 926. The van der Waals surface area contributed by atoms with Crippen molar-refractivity contribution in [3.8, 4) is 11.8 Å². The molecule has 0 atom stereocenters. The van der Waals surface area contributed by atoms with Gasteiger partial charge in [0.1, 0.15) is 5.75 Å². The highest BCUT2D eigenvalue weighted by Crippen LogP contribution is 2.13. The van der Waals surface area contributed by atoms with Gasteiger partial charge >= 0.3 is 0 Å². The summed E-state index contributed by atoms with van der Waals surface area (Å²) in [6.45, 7) is 2.44. The van der Waals surface area contributed by atoms with Gasteiger partial charge in [0, 0.05) is 6.08 Å². The summed E-state index contributed by atoms with van der Waals surface area (Å²) in [7, 11) is -4.03. The third kappa shape index (κ3) is 5.19. The van der Waals surface area contributed by atoms with Crippen LogP contribution in [-0.4, -0.2) is 20.9 Å². The lowest BCUT2D eigenvalue weighted by molar-refractivity contribution is -0.114. The van der Waals surface area contributed by atoms with Crippen molar-refractivity contribution in [2.24, 2.45) is 0 Å². The Morgan fingerprint density at radius 3 is 2.60 bits per heavy atom. The van der Waals surface area contributed by atoms with E-state index in [0.717, 1.165) is 11.6 Å². The first-order valence-corrected chi connectivity index (χ1v) is 8.91. The van der Waals surface area contributed by atoms with Gasteiger partial charge in [-0.3, -0.25) is 4.79 Å². The summed E-state index contributed by atoms with van der Waals surface area (Å²) >= 11 is 0. The van der Waals surface area contributed by atoms with Crippen LogP contribution in [0, 0.1) is 11.3 Å². The van der Waals surface area contributed by atoms with E-state index in [2.05, 4.69) is 0 Å². The fourth-order valence-corrected chi connectivity index (χ4v) is 2.96. The minimum atomic E-state index is -4.03. The molecule has 0 aliphatic rings. The van der Waals surface area contributed by atoms with Crippen molar-refractivity contribution in [1.82, 2.24) is 4.72 Å². The number of nitriles is 1. The molecule has 2 rings (SSSR count). The van der Waals surface area contributed by atoms with Crippen LogP contribution in [0.5, 0.6) is 5.75 Å². The molecule has 0 bridgehead atoms. The number of carbonyl (C=O) groups is 1. The first-order valence-electron chi connectivity index (χ1n) is 7.42. The van der Waals surface area contributed by atoms with Crippen molar-refractivity contribution < 1.29 is 17.9 Å². The predicted octanol–water partition coefficient (Wildman–Crippen LogP) is 2.48. The number of sulfonamides is 1. The predicted molar refractivity (Wildman–Crippen MR) is 93.1 cm³/mol. The number of nitrogens with one attached hydrogen (secondary N) is 1. The molecule has 0 saturated heterocycles. The maximum atomic E-state index is 12.1. The lowest BCUT2D eigenvalue weighted by Crippen LogP contribution is -2.29. The highest BCUT2D eigenvalue weighted by molar-refractivity contribution is 7.90. The van der Waals surface area contributed by atoms with E-state index in [1.54, 1.807) is 24.3 Å². The molecule has 1 N–H and O–H groups in total. The van der Waals surface area contributed by atoms with Crippen molar-refractivity contribution in [3.05, 3.63) is 65.7 Å². The van der Waals surface area contributed by atoms with E-state index < -0.39 is 15.9 Å². The highest BCUT2D eigenvalue weighted by Gasteiger charge is 2.16. The van der Waals surface area contributed by atoms with E-state index in [9.17, 15) is 13.2 Å². The molecule has 0 aliphatic carbocycles. The third-order valence-electron chi connectivity index (χ3n) is 3.13. The second-order valence-corrected chi connectivity index (χ2v) is 6.63. The zero-order chi connectivity index (χ0) is 18.3. The molecule has 0 heterocycles. The number of amides is 1. The minimum absolute atomic E-state index is 0.144. The standard InChI is InChI=1S/C18H16N2O4S/c1-2-24-16-9-6-14(7-10-16)8-11-18(21)20-25(22,23)17-5-3-4-15(12-17)13-19/h3-12H,2H2,1H3,(H,20,21). The topological polar surface area (TPSA) is 96.3 Å². The number of hydrogen-bond acceptors (Lipinski definition) is 5. The summed E-state index contributed by atoms with van der Waals surface area (Å²) in [5, 5.41) is 8.82. The summed E-state index contributed by atoms with van der Waals surface area (Å²) in [6, 6.07) is 14.3. The van der Waals surface area contributed by atoms with Crippen LogP contribution in [0.3, 0.4) is 0 Å². The van der Waals surface area contributed by atoms with Crippen LogP contribution in [-0.2, 0) is 14.8 Å². The SMILES string of the molecule is CCOc1ccc(C=CC(=O)NS(=O)(=O)c2cccc(C#N)c2)cc1. The van der Waals surface area contributed by atoms with Gasteiger partial charge in [0.2, 0.25) is 0 Å². The molecule has 1 amide bonds. The van der Waals surface area contributed by atoms with Gasteiger partial charge in [-0.1, -0.05) is 18.2 Å². The Labute approximate surface area is 146 Å². The van der Waals surface area contributed by atoms with Crippen LogP contribution in [0.2, 0.25) is 0 Å². The number of benzene rings is 2. The molecule has 0 unspecified atom stereocenters. The molecule has 2 aromatic carbocycles. The molecular weight excluding hydrogens is 340 g/mol. The molecule has 128 valence electrons. The van der Waals surface area contributed by atoms with Gasteiger partial charge in [-0.2, -0.15) is 5.26 Å². The lowest BCUT2D eigenvalue weighted by atomic mass is 10.2. The van der Waals surface area contributed by atoms with Crippen molar-refractivity contribution in [1.29, 1.82) is 5.26 Å². The Morgan fingerprint density at radius 1 is 1.24 bits per heavy atom. The monoisotopic (exact) mass is 356 g/mol. The number of hydrogen-bond donors (Lipinski definition) is 1. The Hall–Kier alpha value is -3.11. The van der Waals surface area contributed by atoms with E-state index >= 15 is 0 Å². The first kappa shape index (κ1) is 18.2. The van der Waals surface area contributed by atoms with Crippen LogP contribution in [0.1, 0.15) is 18.1 Å². The molecule has 0 saturated carbocycles. The molecule has 0 spiro atoms. The number of rotatable bonds is 6. The molecule has 25 heavy (non-hydrogen) atoms. The van der Waals surface area contributed by atoms with E-state index in [1.165, 1.54) is 30.3 Å². The zero-order valence-corrected chi connectivity index (χ0v) is 14.3. The molecular formula is C18H16N2O4S. The van der Waals surface area contributed by atoms with Crippen LogP contribution >= 0.6 is 0 Å². The summed E-state index contributed by atoms with van der Waals surface area (Å²) in [4.78, 5) is 11.7. The van der Waals surface area contributed by atoms with Gasteiger partial charge in [0.15, 0.2) is 0 Å². The largest absolute Gasteiger partial charge is 0.494 e. The van der Waals surface area contributed by atoms with Gasteiger partial charge in [0.25, 0.3) is 15.9 Å². The summed E-state index contributed by atoms with van der Waals surface area (Å²) in [5.41, 5.74) is 0.919. The van der Waals surface area contributed by atoms with Gasteiger partial charge in [-0.25, -0.2) is 13.1 Å². The van der Waals surface area contributed by atoms with Crippen molar-refractivity contribution >= 4 is 22.0 Å². The normalized spacial score (nSPS) is 11.0. The second kappa shape index (κ2) is 8.13. The molecule has 0 aromatic heterocycles. The molecule has 0 aliphatic heterocycles. The van der Waals surface area contributed by atoms with Crippen molar-refractivity contribution in [2.45, 2.75) is 11.8 Å². The summed E-state index contributed by atoms with van der Waals surface area (Å²) < 4.78 is 31.5. The van der Waals surface area contributed by atoms with Crippen molar-refractivity contribution in [3.63, 3.8) is 0 Å². The summed E-state index contributed by atoms with van der Waals surface area (Å²) in [5.74, 6) is -0.0692. The van der Waals surface area contributed by atoms with E-state index in [-0.39, 0.29) is 10.5 Å². The van der Waals surface area contributed by atoms with E-state index in [4.69, 9.17) is 10.00 Å². The maximum Gasteiger partial charge on any atom is 0.264 e. The third-order valence-corrected chi connectivity index (χ3v) is 4.47. The molecule has 7 heteroatoms. The van der Waals surface area contributed by atoms with Gasteiger partial charge < -0.3 is 4.74 Å². The Balaban J connectivity index is 2.06. The molecule has 0 fully saturated rings. The van der Waals surface area contributed by atoms with Crippen LogP contribution < -0.4 is 9.46 Å². The fourth-order valence-electron chi connectivity index (χ4n) is 1.97. The quantitative estimate of drug-likeness (QED) is 0.802. The molecule has 2 aromatic rings.